The molecule has 5 heteroatoms. The van der Waals surface area contributed by atoms with Crippen molar-refractivity contribution >= 4 is 0 Å². The van der Waals surface area contributed by atoms with Gasteiger partial charge in [0.2, 0.25) is 0 Å². The van der Waals surface area contributed by atoms with Crippen molar-refractivity contribution < 1.29 is 5.11 Å². The van der Waals surface area contributed by atoms with Gasteiger partial charge in [0, 0.05) is 11.3 Å². The van der Waals surface area contributed by atoms with Crippen LogP contribution in [0.25, 0.3) is 5.69 Å². The summed E-state index contributed by atoms with van der Waals surface area (Å²) in [4.78, 5) is 12.2. The van der Waals surface area contributed by atoms with Crippen molar-refractivity contribution in [3.63, 3.8) is 0 Å². The van der Waals surface area contributed by atoms with Crippen LogP contribution in [0.5, 0.6) is 5.75 Å². The molecule has 0 bridgehead atoms. The molecule has 0 saturated heterocycles. The second-order valence-corrected chi connectivity index (χ2v) is 4.24. The van der Waals surface area contributed by atoms with Gasteiger partial charge in [-0.25, -0.2) is 4.68 Å². The van der Waals surface area contributed by atoms with Gasteiger partial charge >= 0.3 is 0 Å². The first kappa shape index (κ1) is 12.4. The normalized spacial score (nSPS) is 10.8. The zero-order chi connectivity index (χ0) is 13.1. The van der Waals surface area contributed by atoms with Crippen molar-refractivity contribution in [2.75, 3.05) is 6.54 Å². The van der Waals surface area contributed by atoms with E-state index >= 15 is 0 Å². The molecule has 4 N–H and O–H groups in total. The molecule has 0 fully saturated rings. The standard InChI is InChI=1S/C13H17N3O2/c1-9-10(5-4-8-14)13(18)16(15-9)11-6-2-3-7-12(11)17/h2-3,6-7,15,17H,4-5,8,14H2,1H3. The lowest BCUT2D eigenvalue weighted by Gasteiger charge is -2.03. The van der Waals surface area contributed by atoms with Gasteiger partial charge < -0.3 is 10.8 Å². The van der Waals surface area contributed by atoms with Crippen LogP contribution in [-0.2, 0) is 6.42 Å². The number of hydrogen-bond donors (Lipinski definition) is 3. The molecule has 0 radical (unpaired) electrons. The van der Waals surface area contributed by atoms with Crippen molar-refractivity contribution in [1.82, 2.24) is 9.78 Å². The lowest BCUT2D eigenvalue weighted by atomic mass is 10.1. The smallest absolute Gasteiger partial charge is 0.274 e. The zero-order valence-electron chi connectivity index (χ0n) is 10.3. The van der Waals surface area contributed by atoms with Crippen LogP contribution >= 0.6 is 0 Å². The van der Waals surface area contributed by atoms with Crippen LogP contribution in [0.15, 0.2) is 29.1 Å². The number of aromatic nitrogens is 2. The number of benzene rings is 1. The summed E-state index contributed by atoms with van der Waals surface area (Å²) in [5, 5.41) is 12.7. The zero-order valence-corrected chi connectivity index (χ0v) is 10.3. The Hall–Kier alpha value is -2.01. The minimum absolute atomic E-state index is 0.0752. The molecule has 5 nitrogen and oxygen atoms in total. The molecule has 1 aromatic carbocycles. The number of aromatic amines is 1. The summed E-state index contributed by atoms with van der Waals surface area (Å²) >= 11 is 0. The number of phenolic OH excluding ortho intramolecular Hbond substituents is 1. The molecule has 2 rings (SSSR count). The number of H-pyrrole nitrogens is 1. The molecule has 18 heavy (non-hydrogen) atoms. The number of phenols is 1. The van der Waals surface area contributed by atoms with E-state index in [0.29, 0.717) is 18.7 Å². The predicted octanol–water partition coefficient (Wildman–Crippen LogP) is 1.07. The maximum atomic E-state index is 12.2. The summed E-state index contributed by atoms with van der Waals surface area (Å²) < 4.78 is 1.37. The molecular weight excluding hydrogens is 230 g/mol. The number of hydrogen-bond acceptors (Lipinski definition) is 3. The summed E-state index contributed by atoms with van der Waals surface area (Å²) in [6.07, 6.45) is 1.42. The third-order valence-electron chi connectivity index (χ3n) is 2.95. The van der Waals surface area contributed by atoms with E-state index in [0.717, 1.165) is 17.7 Å². The average molecular weight is 247 g/mol. The van der Waals surface area contributed by atoms with E-state index in [1.165, 1.54) is 4.68 Å². The monoisotopic (exact) mass is 247 g/mol. The van der Waals surface area contributed by atoms with E-state index in [1.54, 1.807) is 24.3 Å². The fourth-order valence-electron chi connectivity index (χ4n) is 1.98. The highest BCUT2D eigenvalue weighted by atomic mass is 16.3. The van der Waals surface area contributed by atoms with Crippen LogP contribution < -0.4 is 11.3 Å². The van der Waals surface area contributed by atoms with Gasteiger partial charge in [-0.2, -0.15) is 0 Å². The van der Waals surface area contributed by atoms with Gasteiger partial charge in [-0.1, -0.05) is 12.1 Å². The molecule has 2 aromatic rings. The van der Waals surface area contributed by atoms with Gasteiger partial charge in [0.05, 0.1) is 0 Å². The fraction of sp³-hybridized carbons (Fsp3) is 0.308. The van der Waals surface area contributed by atoms with Gasteiger partial charge in [0.25, 0.3) is 5.56 Å². The second kappa shape index (κ2) is 5.10. The van der Waals surface area contributed by atoms with Crippen molar-refractivity contribution in [3.05, 3.63) is 45.9 Å². The Morgan fingerprint density at radius 3 is 2.78 bits per heavy atom. The SMILES string of the molecule is Cc1[nH]n(-c2ccccc2O)c(=O)c1CCCN. The molecule has 0 saturated carbocycles. The Balaban J connectivity index is 2.48. The van der Waals surface area contributed by atoms with Gasteiger partial charge in [-0.15, -0.1) is 0 Å². The van der Waals surface area contributed by atoms with Crippen molar-refractivity contribution in [2.24, 2.45) is 5.73 Å². The topological polar surface area (TPSA) is 84.0 Å². The Morgan fingerprint density at radius 2 is 2.11 bits per heavy atom. The Labute approximate surface area is 105 Å². The third kappa shape index (κ3) is 2.17. The minimum atomic E-state index is -0.123. The third-order valence-corrected chi connectivity index (χ3v) is 2.95. The maximum absolute atomic E-state index is 12.2. The lowest BCUT2D eigenvalue weighted by Crippen LogP contribution is -2.18. The Morgan fingerprint density at radius 1 is 1.39 bits per heavy atom. The van der Waals surface area contributed by atoms with Gasteiger partial charge in [-0.3, -0.25) is 9.89 Å². The lowest BCUT2D eigenvalue weighted by molar-refractivity contribution is 0.469. The van der Waals surface area contributed by atoms with Crippen molar-refractivity contribution in [1.29, 1.82) is 0 Å². The molecule has 1 aromatic heterocycles. The first-order chi connectivity index (χ1) is 8.65. The van der Waals surface area contributed by atoms with Crippen LogP contribution in [-0.4, -0.2) is 21.4 Å². The highest BCUT2D eigenvalue weighted by Crippen LogP contribution is 2.19. The van der Waals surface area contributed by atoms with E-state index in [2.05, 4.69) is 5.10 Å². The summed E-state index contributed by atoms with van der Waals surface area (Å²) in [5.41, 5.74) is 7.34. The number of para-hydroxylation sites is 2. The first-order valence-corrected chi connectivity index (χ1v) is 5.94. The quantitative estimate of drug-likeness (QED) is 0.755. The minimum Gasteiger partial charge on any atom is -0.506 e. The van der Waals surface area contributed by atoms with Crippen molar-refractivity contribution in [2.45, 2.75) is 19.8 Å². The summed E-state index contributed by atoms with van der Waals surface area (Å²) in [7, 11) is 0. The predicted molar refractivity (Wildman–Crippen MR) is 70.2 cm³/mol. The van der Waals surface area contributed by atoms with Crippen molar-refractivity contribution in [3.8, 4) is 11.4 Å². The van der Waals surface area contributed by atoms with Crippen LogP contribution in [0.4, 0.5) is 0 Å². The molecule has 0 aliphatic rings. The van der Waals surface area contributed by atoms with Crippen LogP contribution in [0.2, 0.25) is 0 Å². The number of aromatic hydroxyl groups is 1. The van der Waals surface area contributed by atoms with E-state index in [-0.39, 0.29) is 11.3 Å². The summed E-state index contributed by atoms with van der Waals surface area (Å²) in [5.74, 6) is 0.0752. The molecule has 0 aliphatic carbocycles. The number of aryl methyl sites for hydroxylation is 1. The number of nitrogens with two attached hydrogens (primary N) is 1. The molecule has 0 aliphatic heterocycles. The number of nitrogens with one attached hydrogen (secondary N) is 1. The van der Waals surface area contributed by atoms with Gasteiger partial charge in [-0.05, 0) is 38.4 Å². The van der Waals surface area contributed by atoms with Crippen LogP contribution in [0, 0.1) is 6.92 Å². The average Bonchev–Trinajstić information content (AvgIpc) is 2.63. The van der Waals surface area contributed by atoms with Crippen LogP contribution in [0.1, 0.15) is 17.7 Å². The second-order valence-electron chi connectivity index (χ2n) is 4.24. The van der Waals surface area contributed by atoms with E-state index in [1.807, 2.05) is 6.92 Å². The fourth-order valence-corrected chi connectivity index (χ4v) is 1.98. The Kier molecular flexibility index (Phi) is 3.53. The molecule has 1 heterocycles. The van der Waals surface area contributed by atoms with E-state index in [4.69, 9.17) is 5.73 Å². The first-order valence-electron chi connectivity index (χ1n) is 5.94. The van der Waals surface area contributed by atoms with Gasteiger partial charge in [0.1, 0.15) is 11.4 Å². The molecular formula is C13H17N3O2. The largest absolute Gasteiger partial charge is 0.506 e. The molecule has 0 unspecified atom stereocenters. The van der Waals surface area contributed by atoms with Gasteiger partial charge in [0.15, 0.2) is 0 Å². The number of rotatable bonds is 4. The molecule has 0 amide bonds. The number of nitrogens with zero attached hydrogens (tertiary/aromatic N) is 1. The van der Waals surface area contributed by atoms with E-state index < -0.39 is 0 Å². The summed E-state index contributed by atoms with van der Waals surface area (Å²) in [6, 6.07) is 6.74. The van der Waals surface area contributed by atoms with Crippen LogP contribution in [0.3, 0.4) is 0 Å². The Bertz CT molecular complexity index is 599. The molecule has 96 valence electrons. The maximum Gasteiger partial charge on any atom is 0.274 e. The molecule has 0 spiro atoms. The van der Waals surface area contributed by atoms with E-state index in [9.17, 15) is 9.90 Å². The summed E-state index contributed by atoms with van der Waals surface area (Å²) in [6.45, 7) is 2.41. The highest BCUT2D eigenvalue weighted by molar-refractivity contribution is 5.45. The highest BCUT2D eigenvalue weighted by Gasteiger charge is 2.13. The molecule has 0 atom stereocenters.